The molecule has 2 aromatic rings. The van der Waals surface area contributed by atoms with Crippen molar-refractivity contribution >= 4 is 29.2 Å². The van der Waals surface area contributed by atoms with Crippen LogP contribution in [0.2, 0.25) is 0 Å². The molecule has 7 heteroatoms. The topological polar surface area (TPSA) is 81.8 Å². The van der Waals surface area contributed by atoms with Crippen LogP contribution < -0.4 is 15.5 Å². The van der Waals surface area contributed by atoms with E-state index in [1.54, 1.807) is 6.92 Å². The molecule has 182 valence electrons. The normalized spacial score (nSPS) is 18.3. The van der Waals surface area contributed by atoms with Crippen LogP contribution in [0.15, 0.2) is 48.5 Å². The van der Waals surface area contributed by atoms with Gasteiger partial charge in [0, 0.05) is 24.0 Å². The Balaban J connectivity index is 1.68. The highest BCUT2D eigenvalue weighted by Crippen LogP contribution is 2.31. The third-order valence-corrected chi connectivity index (χ3v) is 6.35. The molecule has 1 fully saturated rings. The zero-order valence-corrected chi connectivity index (χ0v) is 21.2. The number of nitrogens with zero attached hydrogens (tertiary/aromatic N) is 2. The number of hydrogen-bond acceptors (Lipinski definition) is 4. The molecule has 3 rings (SSSR count). The molecule has 0 saturated carbocycles. The molecule has 7 nitrogen and oxygen atoms in total. The quantitative estimate of drug-likeness (QED) is 0.586. The largest absolute Gasteiger partial charge is 0.369 e. The van der Waals surface area contributed by atoms with Gasteiger partial charge in [0.05, 0.1) is 0 Å². The number of hydrogen-bond donors (Lipinski definition) is 2. The number of rotatable bonds is 7. The summed E-state index contributed by atoms with van der Waals surface area (Å²) in [4.78, 5) is 41.7. The molecule has 1 aliphatic rings. The van der Waals surface area contributed by atoms with Crippen LogP contribution >= 0.6 is 0 Å². The van der Waals surface area contributed by atoms with E-state index in [9.17, 15) is 14.4 Å². The van der Waals surface area contributed by atoms with Gasteiger partial charge in [0.1, 0.15) is 12.1 Å². The summed E-state index contributed by atoms with van der Waals surface area (Å²) in [7, 11) is 0. The summed E-state index contributed by atoms with van der Waals surface area (Å²) in [6.07, 6.45) is 0. The average molecular weight is 465 g/mol. The first kappa shape index (κ1) is 25.3. The van der Waals surface area contributed by atoms with Gasteiger partial charge in [-0.3, -0.25) is 14.5 Å². The Hall–Kier alpha value is -3.35. The van der Waals surface area contributed by atoms with Gasteiger partial charge in [-0.1, -0.05) is 45.0 Å². The van der Waals surface area contributed by atoms with Gasteiger partial charge < -0.3 is 15.5 Å². The van der Waals surface area contributed by atoms with Gasteiger partial charge in [-0.25, -0.2) is 4.79 Å². The molecule has 34 heavy (non-hydrogen) atoms. The van der Waals surface area contributed by atoms with E-state index < -0.39 is 23.4 Å². The van der Waals surface area contributed by atoms with Gasteiger partial charge in [-0.05, 0) is 68.5 Å². The van der Waals surface area contributed by atoms with Crippen LogP contribution in [0.5, 0.6) is 0 Å². The number of urea groups is 1. The van der Waals surface area contributed by atoms with Crippen LogP contribution in [0, 0.1) is 0 Å². The van der Waals surface area contributed by atoms with Crippen LogP contribution in [0.4, 0.5) is 16.2 Å². The first-order valence-corrected chi connectivity index (χ1v) is 11.8. The van der Waals surface area contributed by atoms with Crippen LogP contribution in [-0.2, 0) is 20.5 Å². The summed E-state index contributed by atoms with van der Waals surface area (Å²) in [5, 5.41) is 5.55. The minimum absolute atomic E-state index is 0.0195. The Bertz CT molecular complexity index is 1050. The predicted octanol–water partition coefficient (Wildman–Crippen LogP) is 4.62. The fourth-order valence-electron chi connectivity index (χ4n) is 4.27. The molecule has 1 saturated heterocycles. The van der Waals surface area contributed by atoms with Crippen molar-refractivity contribution in [1.29, 1.82) is 0 Å². The van der Waals surface area contributed by atoms with Crippen LogP contribution in [-0.4, -0.2) is 41.9 Å². The summed E-state index contributed by atoms with van der Waals surface area (Å²) in [5.74, 6) is -0.873. The molecule has 4 amide bonds. The smallest absolute Gasteiger partial charge is 0.325 e. The highest BCUT2D eigenvalue weighted by atomic mass is 16.2. The fourth-order valence-corrected chi connectivity index (χ4v) is 4.27. The van der Waals surface area contributed by atoms with Gasteiger partial charge in [0.25, 0.3) is 5.91 Å². The highest BCUT2D eigenvalue weighted by Gasteiger charge is 2.49. The number of carbonyl (C=O) groups excluding carboxylic acids is 3. The van der Waals surface area contributed by atoms with E-state index in [1.807, 2.05) is 48.5 Å². The zero-order chi connectivity index (χ0) is 25.3. The van der Waals surface area contributed by atoms with Gasteiger partial charge in [-0.2, -0.15) is 0 Å². The SMILES string of the molecule is CCN(c1ccc(NC(=O)CN2C(=O)NC(C)(c3ccc(C(C)(C)C)cc3)C2=O)cc1)C(C)C. The Morgan fingerprint density at radius 3 is 2.15 bits per heavy atom. The van der Waals surface area contributed by atoms with Crippen molar-refractivity contribution in [1.82, 2.24) is 10.2 Å². The molecule has 0 radical (unpaired) electrons. The van der Waals surface area contributed by atoms with E-state index in [0.717, 1.165) is 22.7 Å². The minimum Gasteiger partial charge on any atom is -0.369 e. The lowest BCUT2D eigenvalue weighted by atomic mass is 9.84. The summed E-state index contributed by atoms with van der Waals surface area (Å²) in [6, 6.07) is 15.0. The molecule has 1 unspecified atom stereocenters. The molecule has 0 aliphatic carbocycles. The first-order valence-electron chi connectivity index (χ1n) is 11.8. The average Bonchev–Trinajstić information content (AvgIpc) is 2.98. The summed E-state index contributed by atoms with van der Waals surface area (Å²) >= 11 is 0. The van der Waals surface area contributed by atoms with Crippen molar-refractivity contribution in [2.45, 2.75) is 65.5 Å². The lowest BCUT2D eigenvalue weighted by Gasteiger charge is -2.27. The van der Waals surface area contributed by atoms with Crippen LogP contribution in [0.25, 0.3) is 0 Å². The standard InChI is InChI=1S/C27H36N4O3/c1-8-30(18(2)3)22-15-13-21(14-16-22)28-23(32)17-31-24(33)27(7,29-25(31)34)20-11-9-19(10-12-20)26(4,5)6/h9-16,18H,8,17H2,1-7H3,(H,28,32)(H,29,34). The minimum atomic E-state index is -1.21. The summed E-state index contributed by atoms with van der Waals surface area (Å²) < 4.78 is 0. The molecular weight excluding hydrogens is 428 g/mol. The number of benzene rings is 2. The van der Waals surface area contributed by atoms with Crippen molar-refractivity contribution < 1.29 is 14.4 Å². The lowest BCUT2D eigenvalue weighted by Crippen LogP contribution is -2.42. The summed E-state index contributed by atoms with van der Waals surface area (Å²) in [6.45, 7) is 14.9. The van der Waals surface area contributed by atoms with Gasteiger partial charge in [0.2, 0.25) is 5.91 Å². The Labute approximate surface area is 202 Å². The zero-order valence-electron chi connectivity index (χ0n) is 21.2. The van der Waals surface area contributed by atoms with E-state index in [4.69, 9.17) is 0 Å². The highest BCUT2D eigenvalue weighted by molar-refractivity contribution is 6.10. The van der Waals surface area contributed by atoms with E-state index in [-0.39, 0.29) is 12.0 Å². The third kappa shape index (κ3) is 5.08. The first-order chi connectivity index (χ1) is 15.9. The monoisotopic (exact) mass is 464 g/mol. The molecule has 2 N–H and O–H groups in total. The second kappa shape index (κ2) is 9.49. The molecule has 0 bridgehead atoms. The maximum atomic E-state index is 13.2. The predicted molar refractivity (Wildman–Crippen MR) is 136 cm³/mol. The number of carbonyl (C=O) groups is 3. The lowest BCUT2D eigenvalue weighted by molar-refractivity contribution is -0.133. The molecule has 1 heterocycles. The van der Waals surface area contributed by atoms with Gasteiger partial charge in [-0.15, -0.1) is 0 Å². The molecule has 0 spiro atoms. The fraction of sp³-hybridized carbons (Fsp3) is 0.444. The van der Waals surface area contributed by atoms with Crippen molar-refractivity contribution in [2.75, 3.05) is 23.3 Å². The molecule has 2 aromatic carbocycles. The molecule has 1 aliphatic heterocycles. The second-order valence-electron chi connectivity index (χ2n) is 10.2. The van der Waals surface area contributed by atoms with E-state index in [1.165, 1.54) is 0 Å². The Kier molecular flexibility index (Phi) is 7.05. The van der Waals surface area contributed by atoms with E-state index in [0.29, 0.717) is 17.3 Å². The number of amides is 4. The van der Waals surface area contributed by atoms with Gasteiger partial charge >= 0.3 is 6.03 Å². The molecule has 1 atom stereocenters. The molecular formula is C27H36N4O3. The van der Waals surface area contributed by atoms with E-state index >= 15 is 0 Å². The van der Waals surface area contributed by atoms with Crippen molar-refractivity contribution in [3.63, 3.8) is 0 Å². The number of nitrogens with one attached hydrogen (secondary N) is 2. The third-order valence-electron chi connectivity index (χ3n) is 6.35. The molecule has 0 aromatic heterocycles. The van der Waals surface area contributed by atoms with Crippen molar-refractivity contribution in [2.24, 2.45) is 0 Å². The number of imide groups is 1. The maximum absolute atomic E-state index is 13.2. The van der Waals surface area contributed by atoms with Gasteiger partial charge in [0.15, 0.2) is 0 Å². The Morgan fingerprint density at radius 1 is 1.06 bits per heavy atom. The summed E-state index contributed by atoms with van der Waals surface area (Å²) in [5.41, 5.74) is 2.26. The van der Waals surface area contributed by atoms with Crippen LogP contribution in [0.1, 0.15) is 59.6 Å². The second-order valence-corrected chi connectivity index (χ2v) is 10.2. The van der Waals surface area contributed by atoms with Crippen molar-refractivity contribution in [3.05, 3.63) is 59.7 Å². The van der Waals surface area contributed by atoms with E-state index in [2.05, 4.69) is 57.1 Å². The van der Waals surface area contributed by atoms with Crippen LogP contribution in [0.3, 0.4) is 0 Å². The van der Waals surface area contributed by atoms with Crippen molar-refractivity contribution in [3.8, 4) is 0 Å². The maximum Gasteiger partial charge on any atom is 0.325 e. The number of anilines is 2. The Morgan fingerprint density at radius 2 is 1.65 bits per heavy atom.